The molecular formula is C24H22N2O3. The van der Waals surface area contributed by atoms with Crippen LogP contribution in [0.4, 0.5) is 0 Å². The predicted molar refractivity (Wildman–Crippen MR) is 112 cm³/mol. The number of nitrogens with zero attached hydrogens (tertiary/aromatic N) is 1. The van der Waals surface area contributed by atoms with Crippen molar-refractivity contribution in [2.75, 3.05) is 7.11 Å². The zero-order valence-electron chi connectivity index (χ0n) is 16.4. The van der Waals surface area contributed by atoms with Crippen molar-refractivity contribution in [3.05, 3.63) is 94.9 Å². The number of carbonyl (C=O) groups is 1. The maximum absolute atomic E-state index is 12.5. The number of hydrogen-bond donors (Lipinski definition) is 1. The van der Waals surface area contributed by atoms with Crippen molar-refractivity contribution < 1.29 is 13.9 Å². The van der Waals surface area contributed by atoms with Crippen molar-refractivity contribution in [3.8, 4) is 5.75 Å². The number of aryl methyl sites for hydroxylation is 1. The average molecular weight is 386 g/mol. The van der Waals surface area contributed by atoms with Gasteiger partial charge < -0.3 is 14.5 Å². The number of benzene rings is 3. The summed E-state index contributed by atoms with van der Waals surface area (Å²) in [5, 5.41) is 2.95. The minimum Gasteiger partial charge on any atom is -0.497 e. The van der Waals surface area contributed by atoms with Gasteiger partial charge in [-0.05, 0) is 48.4 Å². The number of fused-ring (bicyclic) bond motifs is 1. The van der Waals surface area contributed by atoms with Crippen LogP contribution in [0.3, 0.4) is 0 Å². The largest absolute Gasteiger partial charge is 0.497 e. The van der Waals surface area contributed by atoms with E-state index in [2.05, 4.69) is 16.4 Å². The van der Waals surface area contributed by atoms with Gasteiger partial charge in [0.05, 0.1) is 7.11 Å². The van der Waals surface area contributed by atoms with Gasteiger partial charge in [-0.25, -0.2) is 4.98 Å². The Morgan fingerprint density at radius 3 is 2.62 bits per heavy atom. The highest BCUT2D eigenvalue weighted by atomic mass is 16.5. The van der Waals surface area contributed by atoms with Crippen LogP contribution >= 0.6 is 0 Å². The van der Waals surface area contributed by atoms with Crippen molar-refractivity contribution in [2.45, 2.75) is 19.9 Å². The number of methoxy groups -OCH3 is 1. The van der Waals surface area contributed by atoms with Gasteiger partial charge >= 0.3 is 0 Å². The first kappa shape index (κ1) is 18.7. The van der Waals surface area contributed by atoms with E-state index >= 15 is 0 Å². The summed E-state index contributed by atoms with van der Waals surface area (Å²) >= 11 is 0. The fraction of sp³-hybridized carbons (Fsp3) is 0.167. The van der Waals surface area contributed by atoms with Crippen LogP contribution < -0.4 is 10.1 Å². The maximum atomic E-state index is 12.5. The highest BCUT2D eigenvalue weighted by Crippen LogP contribution is 2.20. The van der Waals surface area contributed by atoms with Crippen LogP contribution in [0.2, 0.25) is 0 Å². The molecule has 3 aromatic carbocycles. The molecule has 0 aliphatic carbocycles. The van der Waals surface area contributed by atoms with E-state index < -0.39 is 0 Å². The lowest BCUT2D eigenvalue weighted by molar-refractivity contribution is 0.0951. The van der Waals surface area contributed by atoms with E-state index in [-0.39, 0.29) is 5.91 Å². The van der Waals surface area contributed by atoms with Gasteiger partial charge in [0.2, 0.25) is 0 Å². The number of rotatable bonds is 6. The number of carbonyl (C=O) groups excluding carboxylic acids is 1. The number of nitrogens with one attached hydrogen (secondary N) is 1. The van der Waals surface area contributed by atoms with Crippen molar-refractivity contribution in [2.24, 2.45) is 0 Å². The summed E-state index contributed by atoms with van der Waals surface area (Å²) in [5.74, 6) is 1.29. The number of hydrogen-bond acceptors (Lipinski definition) is 4. The molecule has 4 aromatic rings. The Kier molecular flexibility index (Phi) is 5.29. The van der Waals surface area contributed by atoms with Gasteiger partial charge in [-0.3, -0.25) is 4.79 Å². The molecule has 0 radical (unpaired) electrons. The van der Waals surface area contributed by atoms with Crippen LogP contribution in [0, 0.1) is 6.92 Å². The Hall–Kier alpha value is -3.60. The normalized spacial score (nSPS) is 10.8. The summed E-state index contributed by atoms with van der Waals surface area (Å²) < 4.78 is 11.1. The Morgan fingerprint density at radius 2 is 1.86 bits per heavy atom. The first-order valence-corrected chi connectivity index (χ1v) is 9.47. The summed E-state index contributed by atoms with van der Waals surface area (Å²) in [6.07, 6.45) is 0.577. The Balaban J connectivity index is 1.46. The molecule has 5 nitrogen and oxygen atoms in total. The Labute approximate surface area is 169 Å². The van der Waals surface area contributed by atoms with E-state index in [0.717, 1.165) is 22.4 Å². The van der Waals surface area contributed by atoms with Gasteiger partial charge in [0.1, 0.15) is 11.3 Å². The molecule has 1 aromatic heterocycles. The highest BCUT2D eigenvalue weighted by molar-refractivity contribution is 5.97. The summed E-state index contributed by atoms with van der Waals surface area (Å²) in [6, 6.07) is 21.2. The number of oxazole rings is 1. The first-order chi connectivity index (χ1) is 14.1. The maximum Gasteiger partial charge on any atom is 0.251 e. The van der Waals surface area contributed by atoms with Crippen LogP contribution in [0.5, 0.6) is 5.75 Å². The zero-order valence-corrected chi connectivity index (χ0v) is 16.4. The molecule has 4 rings (SSSR count). The highest BCUT2D eigenvalue weighted by Gasteiger charge is 2.11. The third-order valence-corrected chi connectivity index (χ3v) is 4.74. The predicted octanol–water partition coefficient (Wildman–Crippen LogP) is 4.67. The molecule has 0 spiro atoms. The SMILES string of the molecule is COc1ccc(Cc2nc3ccc(C(=O)NCc4cccc(C)c4)cc3o2)cc1. The minimum absolute atomic E-state index is 0.137. The van der Waals surface area contributed by atoms with Crippen molar-refractivity contribution in [1.82, 2.24) is 10.3 Å². The molecule has 0 atom stereocenters. The van der Waals surface area contributed by atoms with E-state index in [1.807, 2.05) is 55.5 Å². The lowest BCUT2D eigenvalue weighted by Gasteiger charge is -2.06. The third kappa shape index (κ3) is 4.46. The zero-order chi connectivity index (χ0) is 20.2. The number of amides is 1. The molecule has 1 heterocycles. The molecule has 29 heavy (non-hydrogen) atoms. The summed E-state index contributed by atoms with van der Waals surface area (Å²) in [6.45, 7) is 2.52. The quantitative estimate of drug-likeness (QED) is 0.523. The fourth-order valence-electron chi connectivity index (χ4n) is 3.21. The van der Waals surface area contributed by atoms with Crippen LogP contribution in [0.15, 0.2) is 71.1 Å². The second kappa shape index (κ2) is 8.19. The van der Waals surface area contributed by atoms with Gasteiger partial charge in [-0.2, -0.15) is 0 Å². The minimum atomic E-state index is -0.137. The molecule has 146 valence electrons. The molecule has 5 heteroatoms. The van der Waals surface area contributed by atoms with Crippen molar-refractivity contribution in [1.29, 1.82) is 0 Å². The van der Waals surface area contributed by atoms with E-state index in [1.54, 1.807) is 19.2 Å². The van der Waals surface area contributed by atoms with Crippen LogP contribution in [0.25, 0.3) is 11.1 Å². The van der Waals surface area contributed by atoms with E-state index in [9.17, 15) is 4.79 Å². The molecule has 0 aliphatic heterocycles. The molecule has 0 aliphatic rings. The summed E-state index contributed by atoms with van der Waals surface area (Å²) in [4.78, 5) is 17.0. The fourth-order valence-corrected chi connectivity index (χ4v) is 3.21. The summed E-state index contributed by atoms with van der Waals surface area (Å²) in [7, 11) is 1.64. The molecule has 0 saturated heterocycles. The number of ether oxygens (including phenoxy) is 1. The van der Waals surface area contributed by atoms with Crippen LogP contribution in [-0.2, 0) is 13.0 Å². The molecule has 1 amide bonds. The standard InChI is InChI=1S/C24H22N2O3/c1-16-4-3-5-18(12-16)15-25-24(27)19-8-11-21-22(14-19)29-23(26-21)13-17-6-9-20(28-2)10-7-17/h3-12,14H,13,15H2,1-2H3,(H,25,27). The van der Waals surface area contributed by atoms with Gasteiger partial charge in [-0.15, -0.1) is 0 Å². The molecule has 0 fully saturated rings. The van der Waals surface area contributed by atoms with Crippen LogP contribution in [0.1, 0.15) is 32.9 Å². The Bertz CT molecular complexity index is 1150. The van der Waals surface area contributed by atoms with Gasteiger partial charge in [0.25, 0.3) is 5.91 Å². The van der Waals surface area contributed by atoms with E-state index in [0.29, 0.717) is 30.0 Å². The monoisotopic (exact) mass is 386 g/mol. The smallest absolute Gasteiger partial charge is 0.251 e. The second-order valence-electron chi connectivity index (χ2n) is 6.99. The van der Waals surface area contributed by atoms with E-state index in [1.165, 1.54) is 5.56 Å². The van der Waals surface area contributed by atoms with Gasteiger partial charge in [0, 0.05) is 18.5 Å². The topological polar surface area (TPSA) is 64.4 Å². The molecule has 0 bridgehead atoms. The first-order valence-electron chi connectivity index (χ1n) is 9.47. The Morgan fingerprint density at radius 1 is 1.03 bits per heavy atom. The van der Waals surface area contributed by atoms with E-state index in [4.69, 9.17) is 9.15 Å². The average Bonchev–Trinajstić information content (AvgIpc) is 3.14. The van der Waals surface area contributed by atoms with Crippen molar-refractivity contribution in [3.63, 3.8) is 0 Å². The second-order valence-corrected chi connectivity index (χ2v) is 6.99. The number of aromatic nitrogens is 1. The lowest BCUT2D eigenvalue weighted by atomic mass is 10.1. The van der Waals surface area contributed by atoms with Gasteiger partial charge in [-0.1, -0.05) is 42.0 Å². The molecule has 1 N–H and O–H groups in total. The van der Waals surface area contributed by atoms with Crippen molar-refractivity contribution >= 4 is 17.0 Å². The molecular weight excluding hydrogens is 364 g/mol. The summed E-state index contributed by atoms with van der Waals surface area (Å²) in [5.41, 5.74) is 5.22. The third-order valence-electron chi connectivity index (χ3n) is 4.74. The van der Waals surface area contributed by atoms with Crippen LogP contribution in [-0.4, -0.2) is 18.0 Å². The molecule has 0 unspecified atom stereocenters. The lowest BCUT2D eigenvalue weighted by Crippen LogP contribution is -2.22. The molecule has 0 saturated carbocycles. The van der Waals surface area contributed by atoms with Gasteiger partial charge in [0.15, 0.2) is 11.5 Å².